The molecule has 29 heavy (non-hydrogen) atoms. The predicted molar refractivity (Wildman–Crippen MR) is 109 cm³/mol. The molecule has 0 spiro atoms. The van der Waals surface area contributed by atoms with Gasteiger partial charge in [0.25, 0.3) is 0 Å². The molecule has 1 amide bonds. The van der Waals surface area contributed by atoms with Crippen LogP contribution >= 0.6 is 0 Å². The molecule has 4 N–H and O–H groups in total. The van der Waals surface area contributed by atoms with E-state index in [0.717, 1.165) is 51.9 Å². The van der Waals surface area contributed by atoms with Crippen molar-refractivity contribution >= 4 is 33.8 Å². The Morgan fingerprint density at radius 1 is 1.34 bits per heavy atom. The molecule has 4 heterocycles. The molecule has 4 aromatic rings. The number of pyridine rings is 1. The Balaban J connectivity index is 1.47. The highest BCUT2D eigenvalue weighted by molar-refractivity contribution is 6.07. The summed E-state index contributed by atoms with van der Waals surface area (Å²) in [5.41, 5.74) is 10.5. The van der Waals surface area contributed by atoms with Crippen LogP contribution in [0.1, 0.15) is 12.2 Å². The fourth-order valence-corrected chi connectivity index (χ4v) is 4.06. The summed E-state index contributed by atoms with van der Waals surface area (Å²) in [5, 5.41) is 7.91. The van der Waals surface area contributed by atoms with Crippen LogP contribution in [0.15, 0.2) is 30.5 Å². The van der Waals surface area contributed by atoms with Crippen molar-refractivity contribution in [1.29, 1.82) is 0 Å². The Labute approximate surface area is 166 Å². The van der Waals surface area contributed by atoms with Gasteiger partial charge in [-0.2, -0.15) is 5.10 Å². The maximum absolute atomic E-state index is 11.7. The van der Waals surface area contributed by atoms with E-state index in [9.17, 15) is 4.79 Å². The molecular formula is C20H21N7O2. The van der Waals surface area contributed by atoms with E-state index >= 15 is 0 Å². The molecule has 1 fully saturated rings. The van der Waals surface area contributed by atoms with Gasteiger partial charge in [0.1, 0.15) is 22.7 Å². The van der Waals surface area contributed by atoms with Gasteiger partial charge >= 0.3 is 6.09 Å². The molecule has 1 unspecified atom stereocenters. The van der Waals surface area contributed by atoms with Gasteiger partial charge in [0.2, 0.25) is 0 Å². The number of nitrogens with zero attached hydrogens (tertiary/aromatic N) is 4. The molecule has 9 nitrogen and oxygen atoms in total. The highest BCUT2D eigenvalue weighted by Gasteiger charge is 2.27. The normalized spacial score (nSPS) is 16.7. The third kappa shape index (κ3) is 3.04. The van der Waals surface area contributed by atoms with Gasteiger partial charge in [0.15, 0.2) is 0 Å². The second-order valence-electron chi connectivity index (χ2n) is 7.38. The first-order valence-electron chi connectivity index (χ1n) is 9.53. The average Bonchev–Trinajstić information content (AvgIpc) is 3.48. The van der Waals surface area contributed by atoms with E-state index in [0.29, 0.717) is 24.8 Å². The number of hydrogen-bond acceptors (Lipinski definition) is 6. The van der Waals surface area contributed by atoms with Crippen molar-refractivity contribution in [1.82, 2.24) is 30.0 Å². The molecule has 1 aliphatic rings. The highest BCUT2D eigenvalue weighted by Crippen LogP contribution is 2.30. The van der Waals surface area contributed by atoms with Gasteiger partial charge < -0.3 is 20.4 Å². The lowest BCUT2D eigenvalue weighted by atomic mass is 10.1. The Hall–Kier alpha value is -3.62. The van der Waals surface area contributed by atoms with Crippen LogP contribution < -0.4 is 5.73 Å². The number of carbonyl (C=O) groups is 1. The number of aromatic amines is 2. The van der Waals surface area contributed by atoms with E-state index in [4.69, 9.17) is 15.5 Å². The molecule has 0 aliphatic carbocycles. The summed E-state index contributed by atoms with van der Waals surface area (Å²) in [6, 6.07) is 7.93. The molecular weight excluding hydrogens is 370 g/mol. The van der Waals surface area contributed by atoms with Crippen molar-refractivity contribution in [2.45, 2.75) is 12.8 Å². The molecule has 5 rings (SSSR count). The van der Waals surface area contributed by atoms with Gasteiger partial charge in [-0.25, -0.2) is 14.8 Å². The second kappa shape index (κ2) is 6.77. The first kappa shape index (κ1) is 17.5. The maximum Gasteiger partial charge on any atom is 0.409 e. The number of aromatic nitrogens is 5. The maximum atomic E-state index is 11.7. The van der Waals surface area contributed by atoms with Gasteiger partial charge in [-0.05, 0) is 30.5 Å². The number of amides is 1. The number of likely N-dealkylation sites (tertiary alicyclic amines) is 1. The monoisotopic (exact) mass is 391 g/mol. The van der Waals surface area contributed by atoms with E-state index in [1.807, 2.05) is 24.3 Å². The van der Waals surface area contributed by atoms with Gasteiger partial charge in [0.05, 0.1) is 18.3 Å². The number of rotatable bonds is 3. The van der Waals surface area contributed by atoms with Crippen LogP contribution in [0.5, 0.6) is 0 Å². The van der Waals surface area contributed by atoms with Gasteiger partial charge in [-0.15, -0.1) is 0 Å². The number of hydrogen-bond donors (Lipinski definition) is 3. The van der Waals surface area contributed by atoms with Crippen LogP contribution in [-0.2, 0) is 11.2 Å². The van der Waals surface area contributed by atoms with Crippen molar-refractivity contribution in [3.8, 4) is 11.3 Å². The van der Waals surface area contributed by atoms with E-state index in [1.165, 1.54) is 7.11 Å². The summed E-state index contributed by atoms with van der Waals surface area (Å²) in [7, 11) is 1.41. The lowest BCUT2D eigenvalue weighted by molar-refractivity contribution is 0.131. The SMILES string of the molecule is COC(=O)N1CCC(Cc2nc3c([nH]2)c(N)nc2cc(-c4ccn[nH]4)ccc23)C1. The molecule has 1 saturated heterocycles. The zero-order chi connectivity index (χ0) is 20.0. The van der Waals surface area contributed by atoms with Crippen molar-refractivity contribution in [3.05, 3.63) is 36.3 Å². The van der Waals surface area contributed by atoms with E-state index in [2.05, 4.69) is 20.2 Å². The number of carbonyl (C=O) groups excluding carboxylic acids is 1. The standard InChI is InChI=1S/C20H21N7O2/c1-29-20(28)27-7-5-11(10-27)8-16-24-17-13-3-2-12(14-4-6-22-26-14)9-15(13)23-19(21)18(17)25-16/h2-4,6,9,11H,5,7-8,10H2,1H3,(H2,21,23)(H,22,26)(H,24,25). The van der Waals surface area contributed by atoms with Gasteiger partial charge in [0, 0.05) is 36.7 Å². The summed E-state index contributed by atoms with van der Waals surface area (Å²) >= 11 is 0. The van der Waals surface area contributed by atoms with Crippen molar-refractivity contribution < 1.29 is 9.53 Å². The fraction of sp³-hybridized carbons (Fsp3) is 0.300. The molecule has 1 aliphatic heterocycles. The highest BCUT2D eigenvalue weighted by atomic mass is 16.5. The topological polar surface area (TPSA) is 126 Å². The lowest BCUT2D eigenvalue weighted by Gasteiger charge is -2.13. The number of benzene rings is 1. The summed E-state index contributed by atoms with van der Waals surface area (Å²) in [6.45, 7) is 1.38. The van der Waals surface area contributed by atoms with Crippen LogP contribution in [0.3, 0.4) is 0 Å². The molecule has 1 aromatic carbocycles. The quantitative estimate of drug-likeness (QED) is 0.493. The number of anilines is 1. The minimum Gasteiger partial charge on any atom is -0.453 e. The average molecular weight is 391 g/mol. The van der Waals surface area contributed by atoms with Crippen molar-refractivity contribution in [2.75, 3.05) is 25.9 Å². The number of fused-ring (bicyclic) bond motifs is 3. The largest absolute Gasteiger partial charge is 0.453 e. The fourth-order valence-electron chi connectivity index (χ4n) is 4.06. The van der Waals surface area contributed by atoms with Crippen LogP contribution in [0.2, 0.25) is 0 Å². The van der Waals surface area contributed by atoms with Gasteiger partial charge in [-0.3, -0.25) is 5.10 Å². The zero-order valence-electron chi connectivity index (χ0n) is 16.0. The number of imidazole rings is 1. The van der Waals surface area contributed by atoms with E-state index in [-0.39, 0.29) is 6.09 Å². The molecule has 0 radical (unpaired) electrons. The van der Waals surface area contributed by atoms with Crippen LogP contribution in [-0.4, -0.2) is 56.3 Å². The number of ether oxygens (including phenoxy) is 1. The van der Waals surface area contributed by atoms with Crippen LogP contribution in [0.4, 0.5) is 10.6 Å². The van der Waals surface area contributed by atoms with E-state index in [1.54, 1.807) is 11.1 Å². The third-order valence-electron chi connectivity index (χ3n) is 5.52. The molecule has 1 atom stereocenters. The Bertz CT molecular complexity index is 1200. The van der Waals surface area contributed by atoms with Gasteiger partial charge in [-0.1, -0.05) is 6.07 Å². The third-order valence-corrected chi connectivity index (χ3v) is 5.52. The van der Waals surface area contributed by atoms with Crippen molar-refractivity contribution in [2.24, 2.45) is 5.92 Å². The molecule has 9 heteroatoms. The van der Waals surface area contributed by atoms with E-state index < -0.39 is 0 Å². The van der Waals surface area contributed by atoms with Crippen molar-refractivity contribution in [3.63, 3.8) is 0 Å². The van der Waals surface area contributed by atoms with Crippen LogP contribution in [0, 0.1) is 5.92 Å². The first-order chi connectivity index (χ1) is 14.1. The van der Waals surface area contributed by atoms with Crippen LogP contribution in [0.25, 0.3) is 33.2 Å². The second-order valence-corrected chi connectivity index (χ2v) is 7.38. The lowest BCUT2D eigenvalue weighted by Crippen LogP contribution is -2.28. The minimum absolute atomic E-state index is 0.274. The Kier molecular flexibility index (Phi) is 4.08. The Morgan fingerprint density at radius 3 is 3.03 bits per heavy atom. The molecule has 0 saturated carbocycles. The Morgan fingerprint density at radius 2 is 2.24 bits per heavy atom. The zero-order valence-corrected chi connectivity index (χ0v) is 16.0. The summed E-state index contributed by atoms with van der Waals surface area (Å²) in [6.07, 6.45) is 3.11. The number of nitrogen functional groups attached to an aromatic ring is 1. The number of nitrogens with one attached hydrogen (secondary N) is 2. The summed E-state index contributed by atoms with van der Waals surface area (Å²) in [5.74, 6) is 1.62. The first-order valence-corrected chi connectivity index (χ1v) is 9.53. The smallest absolute Gasteiger partial charge is 0.409 e. The summed E-state index contributed by atoms with van der Waals surface area (Å²) in [4.78, 5) is 26.2. The number of methoxy groups -OCH3 is 1. The molecule has 3 aromatic heterocycles. The molecule has 0 bridgehead atoms. The summed E-state index contributed by atoms with van der Waals surface area (Å²) < 4.78 is 4.81. The number of H-pyrrole nitrogens is 2. The minimum atomic E-state index is -0.274. The molecule has 148 valence electrons. The number of nitrogens with two attached hydrogens (primary N) is 1. The predicted octanol–water partition coefficient (Wildman–Crippen LogP) is 2.71.